The van der Waals surface area contributed by atoms with Crippen molar-refractivity contribution in [2.75, 3.05) is 0 Å². The molecule has 0 aliphatic heterocycles. The first-order chi connectivity index (χ1) is 17.0. The Balaban J connectivity index is 1.64. The number of carbonyl (C=O) groups excluding carboxylic acids is 1. The summed E-state index contributed by atoms with van der Waals surface area (Å²) in [4.78, 5) is 39.9. The van der Waals surface area contributed by atoms with Crippen molar-refractivity contribution >= 4 is 22.6 Å². The summed E-state index contributed by atoms with van der Waals surface area (Å²) in [5.74, 6) is 0.122. The molecule has 0 bridgehead atoms. The largest absolute Gasteiger partial charge is 0.352 e. The van der Waals surface area contributed by atoms with E-state index in [4.69, 9.17) is 0 Å². The standard InChI is InChI=1S/C27H31N5O3/c1-3-14-30-25(34)22-13-12-20(24(33)28-21-10-5-4-6-11-21)16-23(22)32-26(30)29-31(27(32)35)17-19-9-7-8-18(2)15-19/h7-9,12-13,15-16,21H,3-6,10-11,14,17H2,1-2H3,(H,28,33). The van der Waals surface area contributed by atoms with E-state index in [-0.39, 0.29) is 23.2 Å². The Hall–Kier alpha value is -3.68. The number of nitrogens with one attached hydrogen (secondary N) is 1. The fourth-order valence-corrected chi connectivity index (χ4v) is 5.08. The molecule has 4 aromatic rings. The van der Waals surface area contributed by atoms with Crippen molar-refractivity contribution in [3.8, 4) is 0 Å². The topological polar surface area (TPSA) is 90.4 Å². The summed E-state index contributed by atoms with van der Waals surface area (Å²) in [5, 5.41) is 8.09. The van der Waals surface area contributed by atoms with Gasteiger partial charge in [-0.3, -0.25) is 14.2 Å². The predicted molar refractivity (Wildman–Crippen MR) is 136 cm³/mol. The first kappa shape index (κ1) is 23.1. The van der Waals surface area contributed by atoms with Crippen LogP contribution in [0.2, 0.25) is 0 Å². The quantitative estimate of drug-likeness (QED) is 0.463. The van der Waals surface area contributed by atoms with E-state index < -0.39 is 0 Å². The van der Waals surface area contributed by atoms with E-state index in [0.717, 1.165) is 43.2 Å². The molecule has 0 unspecified atom stereocenters. The number of hydrogen-bond acceptors (Lipinski definition) is 4. The third kappa shape index (κ3) is 4.40. The highest BCUT2D eigenvalue weighted by atomic mass is 16.2. The number of nitrogens with zero attached hydrogens (tertiary/aromatic N) is 4. The van der Waals surface area contributed by atoms with Crippen molar-refractivity contribution in [3.63, 3.8) is 0 Å². The molecule has 0 radical (unpaired) electrons. The Morgan fingerprint density at radius 3 is 2.63 bits per heavy atom. The molecule has 1 aliphatic carbocycles. The number of rotatable bonds is 6. The Kier molecular flexibility index (Phi) is 6.28. The van der Waals surface area contributed by atoms with Gasteiger partial charge in [-0.25, -0.2) is 13.9 Å². The van der Waals surface area contributed by atoms with Gasteiger partial charge in [0.05, 0.1) is 17.4 Å². The van der Waals surface area contributed by atoms with Gasteiger partial charge in [-0.05, 0) is 49.9 Å². The molecular formula is C27H31N5O3. The Bertz CT molecular complexity index is 1520. The SMILES string of the molecule is CCCn1c(=O)c2ccc(C(=O)NC3CCCCC3)cc2n2c(=O)n(Cc3cccc(C)c3)nc12. The molecule has 1 aliphatic rings. The van der Waals surface area contributed by atoms with Gasteiger partial charge in [0.25, 0.3) is 11.5 Å². The summed E-state index contributed by atoms with van der Waals surface area (Å²) >= 11 is 0. The van der Waals surface area contributed by atoms with Crippen LogP contribution in [0.15, 0.2) is 52.1 Å². The van der Waals surface area contributed by atoms with Crippen LogP contribution in [0, 0.1) is 6.92 Å². The van der Waals surface area contributed by atoms with Crippen LogP contribution in [-0.2, 0) is 13.1 Å². The van der Waals surface area contributed by atoms with Crippen molar-refractivity contribution in [1.82, 2.24) is 24.1 Å². The van der Waals surface area contributed by atoms with Crippen molar-refractivity contribution < 1.29 is 4.79 Å². The number of hydrogen-bond donors (Lipinski definition) is 1. The van der Waals surface area contributed by atoms with Gasteiger partial charge in [-0.1, -0.05) is 56.0 Å². The molecule has 0 saturated heterocycles. The number of fused-ring (bicyclic) bond motifs is 3. The van der Waals surface area contributed by atoms with Gasteiger partial charge in [0, 0.05) is 18.2 Å². The molecular weight excluding hydrogens is 442 g/mol. The second-order valence-electron chi connectivity index (χ2n) is 9.56. The molecule has 1 fully saturated rings. The van der Waals surface area contributed by atoms with Crippen LogP contribution in [0.1, 0.15) is 66.9 Å². The summed E-state index contributed by atoms with van der Waals surface area (Å²) in [6.45, 7) is 4.73. The van der Waals surface area contributed by atoms with Crippen molar-refractivity contribution in [3.05, 3.63) is 80.0 Å². The summed E-state index contributed by atoms with van der Waals surface area (Å²) in [7, 11) is 0. The average Bonchev–Trinajstić information content (AvgIpc) is 3.17. The molecule has 1 saturated carbocycles. The first-order valence-corrected chi connectivity index (χ1v) is 12.5. The molecule has 2 heterocycles. The zero-order chi connectivity index (χ0) is 24.5. The van der Waals surface area contributed by atoms with E-state index in [2.05, 4.69) is 10.4 Å². The van der Waals surface area contributed by atoms with Gasteiger partial charge in [0.2, 0.25) is 5.78 Å². The van der Waals surface area contributed by atoms with Crippen LogP contribution in [0.3, 0.4) is 0 Å². The lowest BCUT2D eigenvalue weighted by Crippen LogP contribution is -2.36. The van der Waals surface area contributed by atoms with Gasteiger partial charge in [0.1, 0.15) is 0 Å². The maximum atomic E-state index is 13.5. The van der Waals surface area contributed by atoms with Crippen LogP contribution in [0.5, 0.6) is 0 Å². The van der Waals surface area contributed by atoms with Crippen LogP contribution < -0.4 is 16.6 Å². The highest BCUT2D eigenvalue weighted by Crippen LogP contribution is 2.19. The molecule has 2 aromatic carbocycles. The van der Waals surface area contributed by atoms with E-state index in [9.17, 15) is 14.4 Å². The van der Waals surface area contributed by atoms with Gasteiger partial charge < -0.3 is 5.32 Å². The Morgan fingerprint density at radius 2 is 1.89 bits per heavy atom. The van der Waals surface area contributed by atoms with Crippen LogP contribution in [0.25, 0.3) is 16.7 Å². The molecule has 1 N–H and O–H groups in total. The van der Waals surface area contributed by atoms with E-state index in [1.165, 1.54) is 15.5 Å². The average molecular weight is 474 g/mol. The van der Waals surface area contributed by atoms with Gasteiger partial charge >= 0.3 is 5.69 Å². The third-order valence-corrected chi connectivity index (χ3v) is 6.84. The number of benzene rings is 2. The fraction of sp³-hybridized carbons (Fsp3) is 0.407. The molecule has 35 heavy (non-hydrogen) atoms. The number of aromatic nitrogens is 4. The van der Waals surface area contributed by atoms with Crippen molar-refractivity contribution in [1.29, 1.82) is 0 Å². The maximum Gasteiger partial charge on any atom is 0.352 e. The predicted octanol–water partition coefficient (Wildman–Crippen LogP) is 3.64. The molecule has 2 aromatic heterocycles. The van der Waals surface area contributed by atoms with Crippen LogP contribution in [-0.4, -0.2) is 30.7 Å². The fourth-order valence-electron chi connectivity index (χ4n) is 5.08. The molecule has 182 valence electrons. The van der Waals surface area contributed by atoms with E-state index in [1.807, 2.05) is 38.1 Å². The molecule has 8 nitrogen and oxygen atoms in total. The zero-order valence-electron chi connectivity index (χ0n) is 20.3. The second kappa shape index (κ2) is 9.52. The zero-order valence-corrected chi connectivity index (χ0v) is 20.3. The number of carbonyl (C=O) groups is 1. The normalized spacial score (nSPS) is 14.6. The van der Waals surface area contributed by atoms with Gasteiger partial charge in [-0.15, -0.1) is 5.10 Å². The minimum Gasteiger partial charge on any atom is -0.349 e. The Labute approximate surface area is 203 Å². The van der Waals surface area contributed by atoms with Crippen LogP contribution in [0.4, 0.5) is 0 Å². The monoisotopic (exact) mass is 473 g/mol. The molecule has 1 amide bonds. The lowest BCUT2D eigenvalue weighted by atomic mass is 9.95. The van der Waals surface area contributed by atoms with E-state index in [0.29, 0.717) is 35.3 Å². The minimum absolute atomic E-state index is 0.171. The number of aryl methyl sites for hydroxylation is 2. The van der Waals surface area contributed by atoms with Crippen molar-refractivity contribution in [2.45, 2.75) is 71.5 Å². The number of amides is 1. The van der Waals surface area contributed by atoms with Crippen molar-refractivity contribution in [2.24, 2.45) is 0 Å². The maximum absolute atomic E-state index is 13.5. The molecule has 5 rings (SSSR count). The summed E-state index contributed by atoms with van der Waals surface area (Å²) in [6, 6.07) is 13.1. The summed E-state index contributed by atoms with van der Waals surface area (Å²) in [6.07, 6.45) is 6.14. The second-order valence-corrected chi connectivity index (χ2v) is 9.56. The Morgan fingerprint density at radius 1 is 1.09 bits per heavy atom. The first-order valence-electron chi connectivity index (χ1n) is 12.5. The lowest BCUT2D eigenvalue weighted by molar-refractivity contribution is 0.0928. The molecule has 8 heteroatoms. The summed E-state index contributed by atoms with van der Waals surface area (Å²) in [5.41, 5.74) is 2.37. The summed E-state index contributed by atoms with van der Waals surface area (Å²) < 4.78 is 4.42. The molecule has 0 spiro atoms. The van der Waals surface area contributed by atoms with Gasteiger partial charge in [0.15, 0.2) is 0 Å². The van der Waals surface area contributed by atoms with E-state index >= 15 is 0 Å². The van der Waals surface area contributed by atoms with E-state index in [1.54, 1.807) is 22.8 Å². The minimum atomic E-state index is -0.332. The smallest absolute Gasteiger partial charge is 0.349 e. The highest BCUT2D eigenvalue weighted by Gasteiger charge is 2.21. The third-order valence-electron chi connectivity index (χ3n) is 6.84. The van der Waals surface area contributed by atoms with Gasteiger partial charge in [-0.2, -0.15) is 0 Å². The highest BCUT2D eigenvalue weighted by molar-refractivity contribution is 5.98. The molecule has 0 atom stereocenters. The van der Waals surface area contributed by atoms with Crippen LogP contribution >= 0.6 is 0 Å². The lowest BCUT2D eigenvalue weighted by Gasteiger charge is -2.22.